The Kier molecular flexibility index (Phi) is 5.10. The second-order valence-electron chi connectivity index (χ2n) is 9.41. The zero-order chi connectivity index (χ0) is 15.7. The summed E-state index contributed by atoms with van der Waals surface area (Å²) < 4.78 is 6.29. The molecule has 1 unspecified atom stereocenters. The molecule has 1 aliphatic heterocycles. The van der Waals surface area contributed by atoms with Crippen molar-refractivity contribution >= 4 is 0 Å². The van der Waals surface area contributed by atoms with Gasteiger partial charge in [0.25, 0.3) is 0 Å². The average Bonchev–Trinajstić information content (AvgIpc) is 2.68. The van der Waals surface area contributed by atoms with Crippen LogP contribution < -0.4 is 5.32 Å². The van der Waals surface area contributed by atoms with Crippen LogP contribution in [0.2, 0.25) is 0 Å². The molecule has 1 N–H and O–H groups in total. The van der Waals surface area contributed by atoms with Crippen molar-refractivity contribution in [3.8, 4) is 0 Å². The Hall–Kier alpha value is -0.0800. The maximum absolute atomic E-state index is 6.29. The molecule has 0 aromatic carbocycles. The van der Waals surface area contributed by atoms with E-state index in [4.69, 9.17) is 4.74 Å². The van der Waals surface area contributed by atoms with Gasteiger partial charge in [0.2, 0.25) is 0 Å². The molecule has 0 spiro atoms. The summed E-state index contributed by atoms with van der Waals surface area (Å²) in [6.45, 7) is 12.9. The number of hydrogen-bond donors (Lipinski definition) is 1. The summed E-state index contributed by atoms with van der Waals surface area (Å²) in [6.07, 6.45) is 9.74. The van der Waals surface area contributed by atoms with Crippen molar-refractivity contribution in [3.05, 3.63) is 0 Å². The van der Waals surface area contributed by atoms with E-state index in [9.17, 15) is 0 Å². The van der Waals surface area contributed by atoms with Gasteiger partial charge >= 0.3 is 0 Å². The lowest BCUT2D eigenvalue weighted by atomic mass is 9.62. The van der Waals surface area contributed by atoms with Gasteiger partial charge in [-0.25, -0.2) is 0 Å². The monoisotopic (exact) mass is 295 g/mol. The van der Waals surface area contributed by atoms with E-state index < -0.39 is 0 Å². The second kappa shape index (κ2) is 6.20. The largest absolute Gasteiger partial charge is 0.372 e. The lowest BCUT2D eigenvalue weighted by Gasteiger charge is -2.45. The number of hydrogen-bond acceptors (Lipinski definition) is 2. The standard InChI is InChI=1S/C19H37NO/c1-17(2,3)15-7-11-19(12-8-15,14-20-6)13-16-9-10-18(4,5)21-16/h15-16,20H,7-14H2,1-6H3. The highest BCUT2D eigenvalue weighted by atomic mass is 16.5. The van der Waals surface area contributed by atoms with Crippen LogP contribution >= 0.6 is 0 Å². The topological polar surface area (TPSA) is 21.3 Å². The van der Waals surface area contributed by atoms with Crippen molar-refractivity contribution in [1.29, 1.82) is 0 Å². The van der Waals surface area contributed by atoms with Gasteiger partial charge in [-0.1, -0.05) is 20.8 Å². The van der Waals surface area contributed by atoms with E-state index in [0.717, 1.165) is 12.5 Å². The van der Waals surface area contributed by atoms with E-state index in [1.807, 2.05) is 0 Å². The van der Waals surface area contributed by atoms with Crippen LogP contribution in [0.15, 0.2) is 0 Å². The fraction of sp³-hybridized carbons (Fsp3) is 1.00. The predicted octanol–water partition coefficient (Wildman–Crippen LogP) is 4.78. The fourth-order valence-electron chi connectivity index (χ4n) is 4.63. The average molecular weight is 296 g/mol. The highest BCUT2D eigenvalue weighted by Gasteiger charge is 2.42. The number of ether oxygens (including phenoxy) is 1. The van der Waals surface area contributed by atoms with E-state index in [0.29, 0.717) is 16.9 Å². The van der Waals surface area contributed by atoms with Gasteiger partial charge in [-0.15, -0.1) is 0 Å². The van der Waals surface area contributed by atoms with Crippen LogP contribution in [0.5, 0.6) is 0 Å². The second-order valence-corrected chi connectivity index (χ2v) is 9.41. The third-order valence-corrected chi connectivity index (χ3v) is 6.04. The van der Waals surface area contributed by atoms with Gasteiger partial charge in [0.1, 0.15) is 0 Å². The maximum atomic E-state index is 6.29. The van der Waals surface area contributed by atoms with Crippen LogP contribution in [0.25, 0.3) is 0 Å². The van der Waals surface area contributed by atoms with Crippen LogP contribution in [0.3, 0.4) is 0 Å². The number of nitrogens with one attached hydrogen (secondary N) is 1. The first-order valence-electron chi connectivity index (χ1n) is 8.98. The third kappa shape index (κ3) is 4.45. The minimum atomic E-state index is 0.105. The van der Waals surface area contributed by atoms with Crippen LogP contribution in [0.1, 0.15) is 79.6 Å². The predicted molar refractivity (Wildman–Crippen MR) is 90.6 cm³/mol. The van der Waals surface area contributed by atoms with Crippen LogP contribution in [0, 0.1) is 16.7 Å². The molecule has 2 aliphatic rings. The Morgan fingerprint density at radius 1 is 1.05 bits per heavy atom. The molecule has 21 heavy (non-hydrogen) atoms. The molecule has 0 aromatic rings. The van der Waals surface area contributed by atoms with E-state index in [1.54, 1.807) is 0 Å². The first-order chi connectivity index (χ1) is 9.66. The maximum Gasteiger partial charge on any atom is 0.0631 e. The summed E-state index contributed by atoms with van der Waals surface area (Å²) in [5.74, 6) is 0.892. The van der Waals surface area contributed by atoms with Gasteiger partial charge in [-0.05, 0) is 82.6 Å². The van der Waals surface area contributed by atoms with Crippen molar-refractivity contribution in [2.24, 2.45) is 16.7 Å². The Labute approximate surface area is 132 Å². The van der Waals surface area contributed by atoms with Gasteiger partial charge in [0, 0.05) is 6.54 Å². The minimum Gasteiger partial charge on any atom is -0.372 e. The molecule has 2 nitrogen and oxygen atoms in total. The van der Waals surface area contributed by atoms with E-state index in [-0.39, 0.29) is 5.60 Å². The van der Waals surface area contributed by atoms with Gasteiger partial charge in [-0.2, -0.15) is 0 Å². The first-order valence-corrected chi connectivity index (χ1v) is 8.98. The minimum absolute atomic E-state index is 0.105. The molecule has 0 bridgehead atoms. The normalized spacial score (nSPS) is 36.9. The van der Waals surface area contributed by atoms with Crippen molar-refractivity contribution in [2.45, 2.75) is 91.3 Å². The van der Waals surface area contributed by atoms with E-state index >= 15 is 0 Å². The molecule has 0 aromatic heterocycles. The molecule has 1 aliphatic carbocycles. The summed E-state index contributed by atoms with van der Waals surface area (Å²) in [5.41, 5.74) is 1.05. The summed E-state index contributed by atoms with van der Waals surface area (Å²) in [7, 11) is 2.11. The molecule has 2 heteroatoms. The van der Waals surface area contributed by atoms with Crippen molar-refractivity contribution in [1.82, 2.24) is 5.32 Å². The summed E-state index contributed by atoms with van der Waals surface area (Å²) in [6, 6.07) is 0. The van der Waals surface area contributed by atoms with Gasteiger partial charge < -0.3 is 10.1 Å². The SMILES string of the molecule is CNCC1(CC2CCC(C)(C)O2)CCC(C(C)(C)C)CC1. The molecule has 0 amide bonds. The number of rotatable bonds is 4. The molecule has 0 radical (unpaired) electrons. The third-order valence-electron chi connectivity index (χ3n) is 6.04. The molecule has 2 fully saturated rings. The molecular weight excluding hydrogens is 258 g/mol. The highest BCUT2D eigenvalue weighted by molar-refractivity contribution is 4.94. The van der Waals surface area contributed by atoms with Crippen molar-refractivity contribution in [3.63, 3.8) is 0 Å². The zero-order valence-electron chi connectivity index (χ0n) is 15.2. The fourth-order valence-corrected chi connectivity index (χ4v) is 4.63. The Bertz CT molecular complexity index is 334. The van der Waals surface area contributed by atoms with Crippen LogP contribution in [0.4, 0.5) is 0 Å². The lowest BCUT2D eigenvalue weighted by molar-refractivity contribution is -0.0457. The smallest absolute Gasteiger partial charge is 0.0631 e. The Morgan fingerprint density at radius 2 is 1.67 bits per heavy atom. The lowest BCUT2D eigenvalue weighted by Crippen LogP contribution is -2.41. The van der Waals surface area contributed by atoms with Crippen molar-refractivity contribution in [2.75, 3.05) is 13.6 Å². The highest BCUT2D eigenvalue weighted by Crippen LogP contribution is 2.49. The summed E-state index contributed by atoms with van der Waals surface area (Å²) in [5, 5.41) is 3.47. The van der Waals surface area contributed by atoms with Gasteiger partial charge in [0.05, 0.1) is 11.7 Å². The van der Waals surface area contributed by atoms with Gasteiger partial charge in [-0.3, -0.25) is 0 Å². The Balaban J connectivity index is 1.96. The van der Waals surface area contributed by atoms with Crippen LogP contribution in [-0.2, 0) is 4.74 Å². The van der Waals surface area contributed by atoms with Crippen molar-refractivity contribution < 1.29 is 4.74 Å². The Morgan fingerprint density at radius 3 is 2.10 bits per heavy atom. The molecule has 124 valence electrons. The quantitative estimate of drug-likeness (QED) is 0.806. The van der Waals surface area contributed by atoms with E-state index in [1.165, 1.54) is 44.9 Å². The summed E-state index contributed by atoms with van der Waals surface area (Å²) >= 11 is 0. The molecular formula is C19H37NO. The van der Waals surface area contributed by atoms with Gasteiger partial charge in [0.15, 0.2) is 0 Å². The molecule has 1 heterocycles. The molecule has 1 saturated carbocycles. The van der Waals surface area contributed by atoms with E-state index in [2.05, 4.69) is 47.0 Å². The zero-order valence-corrected chi connectivity index (χ0v) is 15.2. The summed E-state index contributed by atoms with van der Waals surface area (Å²) in [4.78, 5) is 0. The first kappa shape index (κ1) is 17.3. The van der Waals surface area contributed by atoms with Crippen LogP contribution in [-0.4, -0.2) is 25.3 Å². The molecule has 1 atom stereocenters. The molecule has 2 rings (SSSR count). The molecule has 1 saturated heterocycles.